The molecule has 0 unspecified atom stereocenters. The van der Waals surface area contributed by atoms with Crippen LogP contribution in [0.2, 0.25) is 0 Å². The Morgan fingerprint density at radius 2 is 1.73 bits per heavy atom. The highest BCUT2D eigenvalue weighted by Crippen LogP contribution is 2.35. The second-order valence-corrected chi connectivity index (χ2v) is 6.44. The van der Waals surface area contributed by atoms with E-state index in [0.29, 0.717) is 17.1 Å². The maximum Gasteiger partial charge on any atom is 0.325 e. The van der Waals surface area contributed by atoms with E-state index in [2.05, 4.69) is 5.32 Å². The van der Waals surface area contributed by atoms with Crippen molar-refractivity contribution in [3.05, 3.63) is 59.2 Å². The van der Waals surface area contributed by atoms with Gasteiger partial charge < -0.3 is 14.8 Å². The standard InChI is InChI=1S/C20H22N2O4/c1-13-7-5-6-8-14(13)12-22-18(23)20(2,21-19(22)24)15-9-10-16(25-3)17(11-15)26-4/h5-11H,12H2,1-4H3,(H,21,24)/t20-/m0/s1. The monoisotopic (exact) mass is 354 g/mol. The third-order valence-corrected chi connectivity index (χ3v) is 4.83. The molecule has 0 spiro atoms. The molecule has 0 aromatic heterocycles. The predicted octanol–water partition coefficient (Wildman–Crippen LogP) is 2.98. The zero-order chi connectivity index (χ0) is 18.9. The van der Waals surface area contributed by atoms with E-state index in [1.165, 1.54) is 12.0 Å². The summed E-state index contributed by atoms with van der Waals surface area (Å²) in [4.78, 5) is 26.8. The summed E-state index contributed by atoms with van der Waals surface area (Å²) in [7, 11) is 3.08. The lowest BCUT2D eigenvalue weighted by atomic mass is 9.91. The molecule has 1 saturated heterocycles. The number of imide groups is 1. The fourth-order valence-electron chi connectivity index (χ4n) is 3.14. The van der Waals surface area contributed by atoms with Gasteiger partial charge in [0.15, 0.2) is 11.5 Å². The first-order valence-electron chi connectivity index (χ1n) is 8.32. The minimum Gasteiger partial charge on any atom is -0.493 e. The van der Waals surface area contributed by atoms with Crippen molar-refractivity contribution in [3.8, 4) is 11.5 Å². The van der Waals surface area contributed by atoms with Crippen LogP contribution >= 0.6 is 0 Å². The van der Waals surface area contributed by atoms with Crippen molar-refractivity contribution in [3.63, 3.8) is 0 Å². The molecule has 0 bridgehead atoms. The number of amides is 3. The van der Waals surface area contributed by atoms with E-state index in [0.717, 1.165) is 11.1 Å². The van der Waals surface area contributed by atoms with Crippen LogP contribution < -0.4 is 14.8 Å². The molecule has 2 aromatic carbocycles. The summed E-state index contributed by atoms with van der Waals surface area (Å²) in [5.74, 6) is 0.775. The molecule has 3 amide bonds. The lowest BCUT2D eigenvalue weighted by Crippen LogP contribution is -2.40. The topological polar surface area (TPSA) is 67.9 Å². The molecule has 0 aliphatic carbocycles. The quantitative estimate of drug-likeness (QED) is 0.838. The largest absolute Gasteiger partial charge is 0.493 e. The first-order valence-corrected chi connectivity index (χ1v) is 8.32. The molecular formula is C20H22N2O4. The van der Waals surface area contributed by atoms with Crippen LogP contribution in [0.15, 0.2) is 42.5 Å². The minimum absolute atomic E-state index is 0.236. The van der Waals surface area contributed by atoms with Crippen molar-refractivity contribution in [1.82, 2.24) is 10.2 Å². The maximum atomic E-state index is 13.1. The summed E-state index contributed by atoms with van der Waals surface area (Å²) >= 11 is 0. The molecule has 1 aliphatic rings. The number of carbonyl (C=O) groups is 2. The Labute approximate surface area is 152 Å². The molecule has 1 fully saturated rings. The molecule has 0 saturated carbocycles. The number of hydrogen-bond donors (Lipinski definition) is 1. The molecule has 1 N–H and O–H groups in total. The van der Waals surface area contributed by atoms with Gasteiger partial charge in [-0.25, -0.2) is 4.79 Å². The summed E-state index contributed by atoms with van der Waals surface area (Å²) in [5, 5.41) is 2.82. The fourth-order valence-corrected chi connectivity index (χ4v) is 3.14. The summed E-state index contributed by atoms with van der Waals surface area (Å²) in [6.45, 7) is 3.90. The van der Waals surface area contributed by atoms with Crippen LogP contribution in [0.25, 0.3) is 0 Å². The second kappa shape index (κ2) is 6.71. The van der Waals surface area contributed by atoms with Crippen molar-refractivity contribution in [1.29, 1.82) is 0 Å². The Hall–Kier alpha value is -3.02. The SMILES string of the molecule is COc1ccc([C@]2(C)NC(=O)N(Cc3ccccc3C)C2=O)cc1OC. The molecule has 3 rings (SSSR count). The fraction of sp³-hybridized carbons (Fsp3) is 0.300. The number of nitrogens with zero attached hydrogens (tertiary/aromatic N) is 1. The third-order valence-electron chi connectivity index (χ3n) is 4.83. The number of carbonyl (C=O) groups excluding carboxylic acids is 2. The number of rotatable bonds is 5. The van der Waals surface area contributed by atoms with Gasteiger partial charge in [0.1, 0.15) is 5.54 Å². The molecule has 1 aliphatic heterocycles. The predicted molar refractivity (Wildman–Crippen MR) is 97.2 cm³/mol. The first kappa shape index (κ1) is 17.8. The van der Waals surface area contributed by atoms with E-state index in [-0.39, 0.29) is 12.5 Å². The summed E-state index contributed by atoms with van der Waals surface area (Å²) in [6, 6.07) is 12.5. The van der Waals surface area contributed by atoms with E-state index in [4.69, 9.17) is 9.47 Å². The van der Waals surface area contributed by atoms with E-state index >= 15 is 0 Å². The zero-order valence-corrected chi connectivity index (χ0v) is 15.3. The number of methoxy groups -OCH3 is 2. The molecule has 26 heavy (non-hydrogen) atoms. The van der Waals surface area contributed by atoms with Crippen molar-refractivity contribution in [2.24, 2.45) is 0 Å². The lowest BCUT2D eigenvalue weighted by molar-refractivity contribution is -0.131. The molecule has 1 heterocycles. The number of urea groups is 1. The molecule has 6 heteroatoms. The number of ether oxygens (including phenoxy) is 2. The first-order chi connectivity index (χ1) is 12.4. The van der Waals surface area contributed by atoms with E-state index in [1.54, 1.807) is 32.2 Å². The van der Waals surface area contributed by atoms with Gasteiger partial charge in [0.05, 0.1) is 20.8 Å². The Morgan fingerprint density at radius 1 is 1.04 bits per heavy atom. The zero-order valence-electron chi connectivity index (χ0n) is 15.3. The van der Waals surface area contributed by atoms with Gasteiger partial charge in [-0.3, -0.25) is 9.69 Å². The minimum atomic E-state index is -1.15. The van der Waals surface area contributed by atoms with Crippen molar-refractivity contribution < 1.29 is 19.1 Å². The summed E-state index contributed by atoms with van der Waals surface area (Å²) in [5.41, 5.74) is 1.46. The van der Waals surface area contributed by atoms with Gasteiger partial charge in [-0.15, -0.1) is 0 Å². The second-order valence-electron chi connectivity index (χ2n) is 6.44. The Balaban J connectivity index is 1.93. The number of hydrogen-bond acceptors (Lipinski definition) is 4. The van der Waals surface area contributed by atoms with E-state index in [9.17, 15) is 9.59 Å². The number of benzene rings is 2. The van der Waals surface area contributed by atoms with Crippen molar-refractivity contribution in [2.75, 3.05) is 14.2 Å². The van der Waals surface area contributed by atoms with Gasteiger partial charge >= 0.3 is 6.03 Å². The van der Waals surface area contributed by atoms with Crippen LogP contribution in [0.5, 0.6) is 11.5 Å². The number of nitrogens with one attached hydrogen (secondary N) is 1. The molecule has 0 radical (unpaired) electrons. The highest BCUT2D eigenvalue weighted by Gasteiger charge is 2.49. The highest BCUT2D eigenvalue weighted by atomic mass is 16.5. The van der Waals surface area contributed by atoms with Gasteiger partial charge in [0.2, 0.25) is 0 Å². The molecule has 1 atom stereocenters. The average molecular weight is 354 g/mol. The Bertz CT molecular complexity index is 865. The van der Waals surface area contributed by atoms with Crippen molar-refractivity contribution in [2.45, 2.75) is 25.9 Å². The van der Waals surface area contributed by atoms with Gasteiger partial charge in [-0.05, 0) is 42.7 Å². The maximum absolute atomic E-state index is 13.1. The molecule has 6 nitrogen and oxygen atoms in total. The normalized spacial score (nSPS) is 19.5. The molecule has 136 valence electrons. The lowest BCUT2D eigenvalue weighted by Gasteiger charge is -2.23. The van der Waals surface area contributed by atoms with E-state index < -0.39 is 11.6 Å². The van der Waals surface area contributed by atoms with E-state index in [1.807, 2.05) is 31.2 Å². The summed E-state index contributed by atoms with van der Waals surface area (Å²) in [6.07, 6.45) is 0. The van der Waals surface area contributed by atoms with Gasteiger partial charge in [0.25, 0.3) is 5.91 Å². The number of aryl methyl sites for hydroxylation is 1. The summed E-state index contributed by atoms with van der Waals surface area (Å²) < 4.78 is 10.6. The van der Waals surface area contributed by atoms with Crippen LogP contribution in [0.4, 0.5) is 4.79 Å². The van der Waals surface area contributed by atoms with Crippen molar-refractivity contribution >= 4 is 11.9 Å². The average Bonchev–Trinajstić information content (AvgIpc) is 2.86. The van der Waals surface area contributed by atoms with Gasteiger partial charge in [-0.2, -0.15) is 0 Å². The molecule has 2 aromatic rings. The molecular weight excluding hydrogens is 332 g/mol. The smallest absolute Gasteiger partial charge is 0.325 e. The van der Waals surface area contributed by atoms with Gasteiger partial charge in [-0.1, -0.05) is 30.3 Å². The highest BCUT2D eigenvalue weighted by molar-refractivity contribution is 6.07. The third kappa shape index (κ3) is 2.87. The Kier molecular flexibility index (Phi) is 4.59. The van der Waals surface area contributed by atoms with Crippen LogP contribution in [0.3, 0.4) is 0 Å². The van der Waals surface area contributed by atoms with Crippen LogP contribution in [-0.2, 0) is 16.9 Å². The van der Waals surface area contributed by atoms with Gasteiger partial charge in [0, 0.05) is 0 Å². The Morgan fingerprint density at radius 3 is 2.38 bits per heavy atom. The van der Waals surface area contributed by atoms with Crippen LogP contribution in [-0.4, -0.2) is 31.1 Å². The van der Waals surface area contributed by atoms with Crippen LogP contribution in [0, 0.1) is 6.92 Å². The van der Waals surface area contributed by atoms with Crippen LogP contribution in [0.1, 0.15) is 23.6 Å².